The van der Waals surface area contributed by atoms with Gasteiger partial charge in [0.2, 0.25) is 27.8 Å². The number of halogens is 1. The van der Waals surface area contributed by atoms with Crippen molar-refractivity contribution < 1.29 is 32.6 Å². The summed E-state index contributed by atoms with van der Waals surface area (Å²) in [6.07, 6.45) is 29.6. The molecule has 1 aromatic carbocycles. The molecule has 3 N–H and O–H groups in total. The number of nitrogens with one attached hydrogen (secondary N) is 1. The van der Waals surface area contributed by atoms with Gasteiger partial charge < -0.3 is 20.4 Å². The van der Waals surface area contributed by atoms with E-state index < -0.39 is 34.0 Å². The molecule has 0 aliphatic heterocycles. The molecule has 0 aliphatic carbocycles. The zero-order valence-electron chi connectivity index (χ0n) is 35.1. The van der Waals surface area contributed by atoms with Crippen molar-refractivity contribution in [2.75, 3.05) is 37.7 Å². The van der Waals surface area contributed by atoms with Crippen LogP contribution in [0.2, 0.25) is 0 Å². The number of nitrogens with zero attached hydrogens (tertiary/aromatic N) is 4. The van der Waals surface area contributed by atoms with E-state index in [2.05, 4.69) is 83.0 Å². The molecule has 0 fully saturated rings. The van der Waals surface area contributed by atoms with Crippen LogP contribution < -0.4 is 9.62 Å². The summed E-state index contributed by atoms with van der Waals surface area (Å²) in [4.78, 5) is 35.7. The summed E-state index contributed by atoms with van der Waals surface area (Å²) in [5.41, 5.74) is 1.83. The Labute approximate surface area is 345 Å². The average Bonchev–Trinajstić information content (AvgIpc) is 3.17. The summed E-state index contributed by atoms with van der Waals surface area (Å²) in [7, 11) is -0.654. The van der Waals surface area contributed by atoms with E-state index in [1.54, 1.807) is 18.0 Å². The molecule has 0 aliphatic rings. The Morgan fingerprint density at radius 3 is 2.00 bits per heavy atom. The highest BCUT2D eigenvalue weighted by Crippen LogP contribution is 2.32. The molecule has 0 saturated carbocycles. The van der Waals surface area contributed by atoms with Crippen LogP contribution in [0.1, 0.15) is 102 Å². The first-order valence-corrected chi connectivity index (χ1v) is 21.9. The van der Waals surface area contributed by atoms with Crippen LogP contribution >= 0.6 is 0 Å². The number of rotatable bonds is 26. The molecule has 2 rings (SSSR count). The molecule has 0 radical (unpaired) electrons. The van der Waals surface area contributed by atoms with Crippen LogP contribution in [-0.2, 0) is 19.6 Å². The summed E-state index contributed by atoms with van der Waals surface area (Å²) < 4.78 is 39.3. The number of hydrogen-bond donors (Lipinski definition) is 3. The van der Waals surface area contributed by atoms with Crippen molar-refractivity contribution >= 4 is 33.9 Å². The minimum absolute atomic E-state index is 0.0118. The molecule has 0 saturated heterocycles. The fourth-order valence-corrected chi connectivity index (χ4v) is 5.93. The maximum Gasteiger partial charge on any atom is 0.239 e. The summed E-state index contributed by atoms with van der Waals surface area (Å²) >= 11 is 0. The van der Waals surface area contributed by atoms with Gasteiger partial charge in [0, 0.05) is 51.2 Å². The Morgan fingerprint density at radius 2 is 1.45 bits per heavy atom. The predicted octanol–water partition coefficient (Wildman–Crippen LogP) is 7.81. The minimum Gasteiger partial charge on any atom is -0.392 e. The fraction of sp³-hybridized carbons (Fsp3) is 0.467. The number of aliphatic hydroxyl groups excluding tert-OH is 2. The van der Waals surface area contributed by atoms with Crippen molar-refractivity contribution in [2.45, 2.75) is 103 Å². The zero-order chi connectivity index (χ0) is 42.9. The van der Waals surface area contributed by atoms with Gasteiger partial charge >= 0.3 is 0 Å². The van der Waals surface area contributed by atoms with Gasteiger partial charge in [0.25, 0.3) is 0 Å². The Bertz CT molecular complexity index is 1850. The van der Waals surface area contributed by atoms with E-state index in [4.69, 9.17) is 0 Å². The highest BCUT2D eigenvalue weighted by molar-refractivity contribution is 7.92. The number of amides is 2. The number of unbranched alkanes of at least 4 members (excludes halogenated alkanes) is 1. The lowest BCUT2D eigenvalue weighted by Gasteiger charge is -2.20. The molecule has 0 unspecified atom stereocenters. The standard InChI is InChI=1S/C45H64FN5O6S/c1-7-8-9-10-11-12-13-14-15-16-17-18-19-20-21-22-23-24-42(55)50(4)32-31-47-41(54)34-39(53)33-38(52)29-30-40-43(35(2)3)48-45(51(5)58(6,56)57)49-44(40)36-25-27-37(46)28-26-36/h8-9,11-12,14-15,17-18,20-21,25-30,35,38-39,52-53H,7,10,13,16,19,22-24,31-34H2,1-6H3,(H,47,54)/b9-8?,12-11?,15-14?,18-17?,21-20?,30-29+/t38-,39-/m1/s1. The van der Waals surface area contributed by atoms with E-state index in [1.165, 1.54) is 37.4 Å². The van der Waals surface area contributed by atoms with Crippen molar-refractivity contribution in [1.29, 1.82) is 0 Å². The molecule has 2 amide bonds. The molecular formula is C45H64FN5O6S. The maximum absolute atomic E-state index is 13.8. The predicted molar refractivity (Wildman–Crippen MR) is 234 cm³/mol. The number of benzene rings is 1. The third-order valence-electron chi connectivity index (χ3n) is 8.94. The van der Waals surface area contributed by atoms with E-state index >= 15 is 0 Å². The lowest BCUT2D eigenvalue weighted by atomic mass is 9.97. The smallest absolute Gasteiger partial charge is 0.239 e. The first-order valence-electron chi connectivity index (χ1n) is 20.1. The van der Waals surface area contributed by atoms with Crippen LogP contribution in [0.15, 0.2) is 91.1 Å². The molecule has 11 nitrogen and oxygen atoms in total. The largest absolute Gasteiger partial charge is 0.392 e. The number of sulfonamides is 1. The van der Waals surface area contributed by atoms with Crippen LogP contribution in [0.5, 0.6) is 0 Å². The molecule has 1 heterocycles. The van der Waals surface area contributed by atoms with Crippen molar-refractivity contribution in [3.8, 4) is 11.3 Å². The number of allylic oxidation sites excluding steroid dienone is 10. The van der Waals surface area contributed by atoms with Gasteiger partial charge in [0.15, 0.2) is 0 Å². The van der Waals surface area contributed by atoms with Gasteiger partial charge in [0.05, 0.1) is 36.3 Å². The van der Waals surface area contributed by atoms with Crippen LogP contribution in [0, 0.1) is 5.82 Å². The van der Waals surface area contributed by atoms with Crippen LogP contribution in [0.3, 0.4) is 0 Å². The van der Waals surface area contributed by atoms with E-state index in [0.29, 0.717) is 35.5 Å². The molecule has 318 valence electrons. The van der Waals surface area contributed by atoms with Gasteiger partial charge in [0.1, 0.15) is 5.82 Å². The van der Waals surface area contributed by atoms with Gasteiger partial charge in [-0.2, -0.15) is 0 Å². The first kappa shape index (κ1) is 49.4. The lowest BCUT2D eigenvalue weighted by Crippen LogP contribution is -2.37. The monoisotopic (exact) mass is 821 g/mol. The van der Waals surface area contributed by atoms with Crippen molar-refractivity contribution in [3.05, 3.63) is 108 Å². The molecule has 0 spiro atoms. The Balaban J connectivity index is 1.78. The van der Waals surface area contributed by atoms with E-state index in [1.807, 2.05) is 13.8 Å². The lowest BCUT2D eigenvalue weighted by molar-refractivity contribution is -0.130. The summed E-state index contributed by atoms with van der Waals surface area (Å²) in [6, 6.07) is 5.57. The molecule has 13 heteroatoms. The third-order valence-corrected chi connectivity index (χ3v) is 10.1. The summed E-state index contributed by atoms with van der Waals surface area (Å²) in [5, 5.41) is 24.1. The van der Waals surface area contributed by atoms with Crippen LogP contribution in [-0.4, -0.2) is 91.0 Å². The van der Waals surface area contributed by atoms with E-state index in [9.17, 15) is 32.6 Å². The topological polar surface area (TPSA) is 153 Å². The minimum atomic E-state index is -3.69. The second-order valence-electron chi connectivity index (χ2n) is 14.3. The first-order chi connectivity index (χ1) is 27.6. The van der Waals surface area contributed by atoms with E-state index in [-0.39, 0.29) is 37.2 Å². The van der Waals surface area contributed by atoms with Crippen molar-refractivity contribution in [2.24, 2.45) is 0 Å². The zero-order valence-corrected chi connectivity index (χ0v) is 35.9. The van der Waals surface area contributed by atoms with Gasteiger partial charge in [-0.15, -0.1) is 0 Å². The summed E-state index contributed by atoms with van der Waals surface area (Å²) in [6.45, 7) is 6.43. The van der Waals surface area contributed by atoms with Crippen LogP contribution in [0.25, 0.3) is 17.3 Å². The van der Waals surface area contributed by atoms with Gasteiger partial charge in [-0.05, 0) is 75.1 Å². The molecular weight excluding hydrogens is 758 g/mol. The highest BCUT2D eigenvalue weighted by Gasteiger charge is 2.23. The Morgan fingerprint density at radius 1 is 0.879 bits per heavy atom. The molecule has 1 aromatic heterocycles. The molecule has 0 bridgehead atoms. The normalized spacial score (nSPS) is 13.6. The average molecular weight is 822 g/mol. The van der Waals surface area contributed by atoms with Crippen molar-refractivity contribution in [1.82, 2.24) is 20.2 Å². The highest BCUT2D eigenvalue weighted by atomic mass is 32.2. The summed E-state index contributed by atoms with van der Waals surface area (Å²) in [5.74, 6) is -1.13. The third kappa shape index (κ3) is 19.6. The molecule has 2 atom stereocenters. The van der Waals surface area contributed by atoms with Crippen molar-refractivity contribution in [3.63, 3.8) is 0 Å². The number of anilines is 1. The Hall–Kier alpha value is -4.72. The SMILES string of the molecule is CCC=CCC=CCC=CCC=CCC=CCCCC(=O)N(C)CCNC(=O)C[C@H](O)C[C@H](O)/C=C/c1c(-c2ccc(F)cc2)nc(N(C)S(C)(=O)=O)nc1C(C)C. The van der Waals surface area contributed by atoms with E-state index in [0.717, 1.165) is 55.5 Å². The molecule has 2 aromatic rings. The number of hydrogen-bond acceptors (Lipinski definition) is 8. The van der Waals surface area contributed by atoms with Gasteiger partial charge in [-0.1, -0.05) is 93.7 Å². The number of carbonyl (C=O) groups is 2. The van der Waals surface area contributed by atoms with Gasteiger partial charge in [-0.3, -0.25) is 9.59 Å². The quantitative estimate of drug-likeness (QED) is 0.0642. The molecule has 58 heavy (non-hydrogen) atoms. The van der Waals surface area contributed by atoms with Gasteiger partial charge in [-0.25, -0.2) is 27.1 Å². The number of aliphatic hydroxyl groups is 2. The van der Waals surface area contributed by atoms with Crippen LogP contribution in [0.4, 0.5) is 10.3 Å². The second-order valence-corrected chi connectivity index (χ2v) is 16.4. The number of carbonyl (C=O) groups excluding carboxylic acids is 2. The number of aromatic nitrogens is 2. The number of likely N-dealkylation sites (N-methyl/N-ethyl adjacent to an activating group) is 1. The maximum atomic E-state index is 13.8. The second kappa shape index (κ2) is 27.1. The Kier molecular flexibility index (Phi) is 23.1. The fourth-order valence-electron chi connectivity index (χ4n) is 5.55.